The predicted molar refractivity (Wildman–Crippen MR) is 108 cm³/mol. The van der Waals surface area contributed by atoms with E-state index in [-0.39, 0.29) is 18.4 Å². The first-order valence-electron chi connectivity index (χ1n) is 9.08. The third kappa shape index (κ3) is 4.11. The number of nitrogens with one attached hydrogen (secondary N) is 2. The summed E-state index contributed by atoms with van der Waals surface area (Å²) in [6.07, 6.45) is 1.80. The van der Waals surface area contributed by atoms with E-state index < -0.39 is 11.9 Å². The van der Waals surface area contributed by atoms with E-state index in [4.69, 9.17) is 5.73 Å². The van der Waals surface area contributed by atoms with E-state index in [0.29, 0.717) is 17.3 Å². The molecule has 0 saturated heterocycles. The molecule has 4 N–H and O–H groups in total. The Bertz CT molecular complexity index is 1010. The molecule has 0 aliphatic heterocycles. The lowest BCUT2D eigenvalue weighted by molar-refractivity contribution is -0.119. The number of hydrogen-bond acceptors (Lipinski definition) is 5. The van der Waals surface area contributed by atoms with Crippen LogP contribution in [0, 0.1) is 5.92 Å². The number of primary amides is 1. The number of amides is 2. The molecule has 0 aliphatic rings. The minimum Gasteiger partial charge on any atom is -0.368 e. The summed E-state index contributed by atoms with van der Waals surface area (Å²) in [5.74, 6) is 0.292. The van der Waals surface area contributed by atoms with E-state index in [9.17, 15) is 9.59 Å². The molecular weight excluding hydrogens is 356 g/mol. The highest BCUT2D eigenvalue weighted by atomic mass is 16.2. The van der Waals surface area contributed by atoms with Gasteiger partial charge in [-0.1, -0.05) is 26.0 Å². The number of benzene rings is 1. The Morgan fingerprint density at radius 1 is 1.14 bits per heavy atom. The van der Waals surface area contributed by atoms with Crippen molar-refractivity contribution in [1.29, 1.82) is 0 Å². The summed E-state index contributed by atoms with van der Waals surface area (Å²) in [5.41, 5.74) is 6.80. The molecule has 3 rings (SSSR count). The summed E-state index contributed by atoms with van der Waals surface area (Å²) < 4.78 is 1.74. The third-order valence-corrected chi connectivity index (χ3v) is 4.50. The molecule has 2 heterocycles. The lowest BCUT2D eigenvalue weighted by atomic mass is 10.0. The van der Waals surface area contributed by atoms with Gasteiger partial charge in [-0.3, -0.25) is 9.59 Å². The number of carbonyl (C=O) groups is 2. The van der Waals surface area contributed by atoms with Gasteiger partial charge in [-0.15, -0.1) is 0 Å². The van der Waals surface area contributed by atoms with Gasteiger partial charge in [0.15, 0.2) is 5.82 Å². The Labute approximate surface area is 163 Å². The molecule has 0 radical (unpaired) electrons. The maximum Gasteiger partial charge on any atom is 0.268 e. The first-order valence-corrected chi connectivity index (χ1v) is 9.08. The van der Waals surface area contributed by atoms with Gasteiger partial charge in [0, 0.05) is 18.6 Å². The average molecular weight is 380 g/mol. The zero-order valence-electron chi connectivity index (χ0n) is 16.1. The van der Waals surface area contributed by atoms with Crippen molar-refractivity contribution in [1.82, 2.24) is 19.9 Å². The van der Waals surface area contributed by atoms with Crippen molar-refractivity contribution < 1.29 is 9.59 Å². The Morgan fingerprint density at radius 3 is 2.54 bits per heavy atom. The Kier molecular flexibility index (Phi) is 5.58. The molecule has 28 heavy (non-hydrogen) atoms. The molecule has 2 amide bonds. The van der Waals surface area contributed by atoms with Crippen molar-refractivity contribution in [3.05, 3.63) is 54.1 Å². The molecule has 0 spiro atoms. The fourth-order valence-corrected chi connectivity index (χ4v) is 2.97. The van der Waals surface area contributed by atoms with Gasteiger partial charge in [-0.2, -0.15) is 0 Å². The number of nitrogens with two attached hydrogens (primary N) is 1. The zero-order chi connectivity index (χ0) is 20.3. The molecule has 0 aliphatic carbocycles. The first-order chi connectivity index (χ1) is 13.4. The van der Waals surface area contributed by atoms with Crippen molar-refractivity contribution in [3.63, 3.8) is 0 Å². The van der Waals surface area contributed by atoms with Crippen LogP contribution in [-0.4, -0.2) is 32.4 Å². The van der Waals surface area contributed by atoms with E-state index in [2.05, 4.69) is 20.6 Å². The number of aromatic nitrogens is 3. The van der Waals surface area contributed by atoms with Crippen molar-refractivity contribution in [3.8, 4) is 0 Å². The van der Waals surface area contributed by atoms with E-state index in [1.165, 1.54) is 0 Å². The highest BCUT2D eigenvalue weighted by Crippen LogP contribution is 2.22. The second kappa shape index (κ2) is 8.08. The summed E-state index contributed by atoms with van der Waals surface area (Å²) in [6.45, 7) is 3.98. The van der Waals surface area contributed by atoms with Crippen molar-refractivity contribution in [2.24, 2.45) is 18.7 Å². The number of aryl methyl sites for hydroxylation is 1. The maximum atomic E-state index is 12.3. The Balaban J connectivity index is 1.88. The lowest BCUT2D eigenvalue weighted by Crippen LogP contribution is -2.40. The fraction of sp³-hybridized carbons (Fsp3) is 0.300. The number of nitrogens with zero attached hydrogens (tertiary/aromatic N) is 3. The van der Waals surface area contributed by atoms with Crippen LogP contribution in [0.3, 0.4) is 0 Å². The highest BCUT2D eigenvalue weighted by molar-refractivity contribution is 5.93. The fourth-order valence-electron chi connectivity index (χ4n) is 2.97. The summed E-state index contributed by atoms with van der Waals surface area (Å²) in [4.78, 5) is 33.2. The monoisotopic (exact) mass is 380 g/mol. The topological polar surface area (TPSA) is 115 Å². The maximum absolute atomic E-state index is 12.3. The van der Waals surface area contributed by atoms with Gasteiger partial charge in [-0.25, -0.2) is 9.97 Å². The van der Waals surface area contributed by atoms with Crippen molar-refractivity contribution in [2.45, 2.75) is 26.4 Å². The van der Waals surface area contributed by atoms with Crippen LogP contribution < -0.4 is 16.4 Å². The second-order valence-corrected chi connectivity index (χ2v) is 6.96. The van der Waals surface area contributed by atoms with Gasteiger partial charge in [-0.05, 0) is 30.2 Å². The van der Waals surface area contributed by atoms with Gasteiger partial charge in [0.05, 0.1) is 12.1 Å². The van der Waals surface area contributed by atoms with Crippen molar-refractivity contribution >= 4 is 28.5 Å². The quantitative estimate of drug-likeness (QED) is 0.578. The standard InChI is InChI=1S/C20H24N6O2/c1-12(2)17(18(21)27)25-19-13-7-4-5-8-14(13)23-16(24-19)11-22-20(28)15-9-6-10-26(15)3/h4-10,12,17H,11H2,1-3H3,(H2,21,27)(H,22,28)(H,23,24,25)/t17-/m0/s1. The Morgan fingerprint density at radius 2 is 1.89 bits per heavy atom. The highest BCUT2D eigenvalue weighted by Gasteiger charge is 2.21. The van der Waals surface area contributed by atoms with E-state index >= 15 is 0 Å². The largest absolute Gasteiger partial charge is 0.368 e. The second-order valence-electron chi connectivity index (χ2n) is 6.96. The van der Waals surface area contributed by atoms with Crippen LogP contribution in [0.15, 0.2) is 42.6 Å². The zero-order valence-corrected chi connectivity index (χ0v) is 16.1. The number of carbonyl (C=O) groups excluding carboxylic acids is 2. The minimum absolute atomic E-state index is 0.00767. The van der Waals surface area contributed by atoms with Gasteiger partial charge in [0.1, 0.15) is 17.6 Å². The third-order valence-electron chi connectivity index (χ3n) is 4.50. The molecule has 0 fully saturated rings. The van der Waals surface area contributed by atoms with E-state index in [1.54, 1.807) is 29.9 Å². The van der Waals surface area contributed by atoms with Crippen LogP contribution in [0.2, 0.25) is 0 Å². The predicted octanol–water partition coefficient (Wildman–Crippen LogP) is 1.82. The molecular formula is C20H24N6O2. The van der Waals surface area contributed by atoms with E-state index in [1.807, 2.05) is 38.1 Å². The molecule has 146 valence electrons. The molecule has 0 saturated carbocycles. The molecule has 0 bridgehead atoms. The van der Waals surface area contributed by atoms with Crippen molar-refractivity contribution in [2.75, 3.05) is 5.32 Å². The molecule has 1 atom stereocenters. The molecule has 1 aromatic carbocycles. The molecule has 8 nitrogen and oxygen atoms in total. The number of fused-ring (bicyclic) bond motifs is 1. The first kappa shape index (κ1) is 19.3. The number of hydrogen-bond donors (Lipinski definition) is 3. The van der Waals surface area contributed by atoms with Gasteiger partial charge < -0.3 is 20.9 Å². The Hall–Kier alpha value is -3.42. The SMILES string of the molecule is CC(C)[C@H](Nc1nc(CNC(=O)c2cccn2C)nc2ccccc12)C(N)=O. The van der Waals surface area contributed by atoms with Crippen LogP contribution in [0.5, 0.6) is 0 Å². The van der Waals surface area contributed by atoms with Gasteiger partial charge >= 0.3 is 0 Å². The minimum atomic E-state index is -0.566. The smallest absolute Gasteiger partial charge is 0.268 e. The number of para-hydroxylation sites is 1. The van der Waals surface area contributed by atoms with Gasteiger partial charge in [0.2, 0.25) is 5.91 Å². The van der Waals surface area contributed by atoms with Crippen LogP contribution >= 0.6 is 0 Å². The molecule has 3 aromatic rings. The van der Waals surface area contributed by atoms with Crippen LogP contribution in [0.4, 0.5) is 5.82 Å². The summed E-state index contributed by atoms with van der Waals surface area (Å²) >= 11 is 0. The molecule has 8 heteroatoms. The van der Waals surface area contributed by atoms with Crippen LogP contribution in [-0.2, 0) is 18.4 Å². The van der Waals surface area contributed by atoms with Crippen LogP contribution in [0.25, 0.3) is 10.9 Å². The normalized spacial score (nSPS) is 12.1. The average Bonchev–Trinajstić information content (AvgIpc) is 3.09. The van der Waals surface area contributed by atoms with Gasteiger partial charge in [0.25, 0.3) is 5.91 Å². The number of rotatable bonds is 7. The molecule has 0 unspecified atom stereocenters. The van der Waals surface area contributed by atoms with E-state index in [0.717, 1.165) is 10.9 Å². The number of anilines is 1. The summed E-state index contributed by atoms with van der Waals surface area (Å²) in [5, 5.41) is 6.76. The lowest BCUT2D eigenvalue weighted by Gasteiger charge is -2.21. The summed E-state index contributed by atoms with van der Waals surface area (Å²) in [6, 6.07) is 10.5. The summed E-state index contributed by atoms with van der Waals surface area (Å²) in [7, 11) is 1.80. The molecule has 2 aromatic heterocycles. The van der Waals surface area contributed by atoms with Crippen LogP contribution in [0.1, 0.15) is 30.2 Å².